The van der Waals surface area contributed by atoms with E-state index in [0.717, 1.165) is 44.9 Å². The fourth-order valence-electron chi connectivity index (χ4n) is 7.23. The normalized spacial score (nSPS) is 18.1. The van der Waals surface area contributed by atoms with Crippen LogP contribution in [0.2, 0.25) is 0 Å². The molecule has 2 atom stereocenters. The van der Waals surface area contributed by atoms with Crippen molar-refractivity contribution in [3.8, 4) is 22.5 Å². The number of hydrogen-bond acceptors (Lipinski definition) is 7. The molecule has 5 aromatic carbocycles. The summed E-state index contributed by atoms with van der Waals surface area (Å²) < 4.78 is 18.0. The Morgan fingerprint density at radius 3 is 2.43 bits per heavy atom. The Labute approximate surface area is 283 Å². The number of nitrogens with one attached hydrogen (secondary N) is 1. The molecule has 3 N–H and O–H groups in total. The number of hydrogen-bond donors (Lipinski definition) is 2. The maximum Gasteiger partial charge on any atom is 0.248 e. The molecule has 6 aromatic rings. The first-order valence-corrected chi connectivity index (χ1v) is 16.1. The van der Waals surface area contributed by atoms with Gasteiger partial charge in [0.1, 0.15) is 17.7 Å². The molecule has 1 amide bonds. The minimum Gasteiger partial charge on any atom is -0.497 e. The van der Waals surface area contributed by atoms with Gasteiger partial charge in [0, 0.05) is 36.4 Å². The number of primary amides is 1. The summed E-state index contributed by atoms with van der Waals surface area (Å²) in [5.74, 6) is 1.04. The van der Waals surface area contributed by atoms with Crippen molar-refractivity contribution >= 4 is 39.1 Å². The molecule has 0 spiro atoms. The monoisotopic (exact) mass is 646 g/mol. The smallest absolute Gasteiger partial charge is 0.248 e. The average molecular weight is 647 g/mol. The number of rotatable bonds is 8. The topological polar surface area (TPSA) is 109 Å². The second-order valence-corrected chi connectivity index (χ2v) is 12.3. The van der Waals surface area contributed by atoms with Crippen molar-refractivity contribution < 1.29 is 19.0 Å². The number of anilines is 2. The largest absolute Gasteiger partial charge is 0.497 e. The number of fused-ring (bicyclic) bond motifs is 5. The first kappa shape index (κ1) is 30.5. The van der Waals surface area contributed by atoms with E-state index in [-0.39, 0.29) is 5.57 Å². The molecule has 0 saturated carbocycles. The lowest BCUT2D eigenvalue weighted by Crippen LogP contribution is -2.46. The lowest BCUT2D eigenvalue weighted by molar-refractivity contribution is -0.116. The van der Waals surface area contributed by atoms with E-state index in [1.165, 1.54) is 29.4 Å². The minimum atomic E-state index is -1.22. The van der Waals surface area contributed by atoms with Gasteiger partial charge in [0.05, 0.1) is 12.6 Å². The molecule has 0 aliphatic heterocycles. The molecular weight excluding hydrogens is 612 g/mol. The van der Waals surface area contributed by atoms with Gasteiger partial charge in [0.2, 0.25) is 5.91 Å². The standard InChI is InChI=1S/C41H34N4O4/c1-47-36-21-29(38(42)46)22-37(48-2)41(36,49-3)30-14-17-35-34(23-30)40(45-39(44-35)27-13-12-24-8-4-5-9-25(24)18-27)43-31-15-16-33-28(20-31)19-26-10-6-7-11-32(26)33/h4-18,20-23,36H,19H2,1-3H3,(H2,42,46)(H,43,44,45). The van der Waals surface area contributed by atoms with Crippen LogP contribution in [0.1, 0.15) is 16.7 Å². The molecule has 1 heterocycles. The van der Waals surface area contributed by atoms with Gasteiger partial charge in [-0.15, -0.1) is 0 Å². The van der Waals surface area contributed by atoms with Gasteiger partial charge >= 0.3 is 0 Å². The Morgan fingerprint density at radius 2 is 1.63 bits per heavy atom. The molecule has 0 fully saturated rings. The van der Waals surface area contributed by atoms with Gasteiger partial charge in [-0.1, -0.05) is 72.8 Å². The number of benzene rings is 5. The first-order valence-electron chi connectivity index (χ1n) is 16.1. The Morgan fingerprint density at radius 1 is 0.837 bits per heavy atom. The molecule has 0 bridgehead atoms. The molecule has 1 aromatic heterocycles. The average Bonchev–Trinajstić information content (AvgIpc) is 3.51. The van der Waals surface area contributed by atoms with E-state index in [4.69, 9.17) is 29.9 Å². The summed E-state index contributed by atoms with van der Waals surface area (Å²) in [5.41, 5.74) is 13.1. The van der Waals surface area contributed by atoms with Crippen LogP contribution in [-0.4, -0.2) is 43.3 Å². The van der Waals surface area contributed by atoms with Crippen molar-refractivity contribution in [3.05, 3.63) is 143 Å². The van der Waals surface area contributed by atoms with E-state index in [0.29, 0.717) is 17.4 Å². The predicted molar refractivity (Wildman–Crippen MR) is 192 cm³/mol. The van der Waals surface area contributed by atoms with E-state index >= 15 is 0 Å². The van der Waals surface area contributed by atoms with E-state index < -0.39 is 17.6 Å². The SMILES string of the molecule is COC1=CC(C(N)=O)=CC(OC)C1(OC)c1ccc2nc(-c3ccc4ccccc4c3)nc(Nc3ccc4c(c3)Cc3ccccc3-4)c2c1. The van der Waals surface area contributed by atoms with Crippen LogP contribution in [0.15, 0.2) is 127 Å². The molecule has 0 saturated heterocycles. The number of ether oxygens (including phenoxy) is 3. The lowest BCUT2D eigenvalue weighted by atomic mass is 9.80. The summed E-state index contributed by atoms with van der Waals surface area (Å²) in [6, 6.07) is 35.4. The Balaban J connectivity index is 1.29. The molecular formula is C41H34N4O4. The minimum absolute atomic E-state index is 0.279. The fraction of sp³-hybridized carbons (Fsp3) is 0.146. The zero-order valence-corrected chi connectivity index (χ0v) is 27.4. The summed E-state index contributed by atoms with van der Waals surface area (Å²) in [6.07, 6.45) is 3.43. The summed E-state index contributed by atoms with van der Waals surface area (Å²) in [7, 11) is 4.69. The molecule has 2 aliphatic carbocycles. The summed E-state index contributed by atoms with van der Waals surface area (Å²) in [4.78, 5) is 22.4. The summed E-state index contributed by atoms with van der Waals surface area (Å²) in [6.45, 7) is 0. The van der Waals surface area contributed by atoms with E-state index in [1.54, 1.807) is 26.4 Å². The molecule has 8 heteroatoms. The fourth-order valence-corrected chi connectivity index (χ4v) is 7.23. The zero-order valence-electron chi connectivity index (χ0n) is 27.4. The van der Waals surface area contributed by atoms with Crippen molar-refractivity contribution in [2.75, 3.05) is 26.6 Å². The number of carbonyl (C=O) groups is 1. The van der Waals surface area contributed by atoms with Gasteiger partial charge in [-0.25, -0.2) is 9.97 Å². The van der Waals surface area contributed by atoms with Crippen LogP contribution in [-0.2, 0) is 31.0 Å². The maximum atomic E-state index is 12.2. The molecule has 49 heavy (non-hydrogen) atoms. The Bertz CT molecular complexity index is 2360. The van der Waals surface area contributed by atoms with Crippen LogP contribution < -0.4 is 11.1 Å². The number of methoxy groups -OCH3 is 3. The van der Waals surface area contributed by atoms with Crippen molar-refractivity contribution in [3.63, 3.8) is 0 Å². The Kier molecular flexibility index (Phi) is 7.47. The third-order valence-corrected chi connectivity index (χ3v) is 9.65. The van der Waals surface area contributed by atoms with Gasteiger partial charge < -0.3 is 25.3 Å². The molecule has 8 nitrogen and oxygen atoms in total. The van der Waals surface area contributed by atoms with Gasteiger partial charge in [0.15, 0.2) is 11.4 Å². The highest BCUT2D eigenvalue weighted by Crippen LogP contribution is 2.44. The number of nitrogens with two attached hydrogens (primary N) is 1. The van der Waals surface area contributed by atoms with Crippen LogP contribution in [0.4, 0.5) is 11.5 Å². The van der Waals surface area contributed by atoms with Crippen molar-refractivity contribution in [1.29, 1.82) is 0 Å². The third kappa shape index (κ3) is 5.04. The molecule has 8 rings (SSSR count). The number of carbonyl (C=O) groups excluding carboxylic acids is 1. The highest BCUT2D eigenvalue weighted by Gasteiger charge is 2.48. The van der Waals surface area contributed by atoms with Gasteiger partial charge in [-0.2, -0.15) is 0 Å². The zero-order chi connectivity index (χ0) is 33.7. The number of aromatic nitrogens is 2. The number of nitrogens with zero attached hydrogens (tertiary/aromatic N) is 2. The second kappa shape index (κ2) is 12.0. The van der Waals surface area contributed by atoms with Crippen LogP contribution in [0.3, 0.4) is 0 Å². The van der Waals surface area contributed by atoms with Crippen molar-refractivity contribution in [1.82, 2.24) is 9.97 Å². The van der Waals surface area contributed by atoms with Gasteiger partial charge in [-0.3, -0.25) is 4.79 Å². The Hall–Kier alpha value is -5.83. The van der Waals surface area contributed by atoms with Crippen molar-refractivity contribution in [2.24, 2.45) is 5.73 Å². The maximum absolute atomic E-state index is 12.2. The van der Waals surface area contributed by atoms with E-state index in [2.05, 4.69) is 78.1 Å². The third-order valence-electron chi connectivity index (χ3n) is 9.65. The van der Waals surface area contributed by atoms with Gasteiger partial charge in [0.25, 0.3) is 0 Å². The molecule has 2 aliphatic rings. The first-order chi connectivity index (χ1) is 23.9. The predicted octanol–water partition coefficient (Wildman–Crippen LogP) is 7.58. The molecule has 0 radical (unpaired) electrons. The van der Waals surface area contributed by atoms with Gasteiger partial charge in [-0.05, 0) is 87.5 Å². The van der Waals surface area contributed by atoms with Crippen LogP contribution in [0.25, 0.3) is 44.2 Å². The van der Waals surface area contributed by atoms with E-state index in [9.17, 15) is 4.79 Å². The van der Waals surface area contributed by atoms with Crippen LogP contribution >= 0.6 is 0 Å². The quantitative estimate of drug-likeness (QED) is 0.175. The second-order valence-electron chi connectivity index (χ2n) is 12.3. The number of amides is 1. The van der Waals surface area contributed by atoms with Crippen LogP contribution in [0.5, 0.6) is 0 Å². The molecule has 242 valence electrons. The molecule has 2 unspecified atom stereocenters. The highest BCUT2D eigenvalue weighted by atomic mass is 16.6. The van der Waals surface area contributed by atoms with Crippen LogP contribution in [0, 0.1) is 0 Å². The summed E-state index contributed by atoms with van der Waals surface area (Å²) in [5, 5.41) is 6.67. The lowest BCUT2D eigenvalue weighted by Gasteiger charge is -2.41. The van der Waals surface area contributed by atoms with E-state index in [1.807, 2.05) is 30.3 Å². The summed E-state index contributed by atoms with van der Waals surface area (Å²) >= 11 is 0. The highest BCUT2D eigenvalue weighted by molar-refractivity contribution is 5.96. The van der Waals surface area contributed by atoms with Crippen molar-refractivity contribution in [2.45, 2.75) is 18.1 Å².